The fourth-order valence-electron chi connectivity index (χ4n) is 7.66. The van der Waals surface area contributed by atoms with Crippen molar-refractivity contribution < 1.29 is 68.0 Å². The van der Waals surface area contributed by atoms with Gasteiger partial charge in [-0.3, -0.25) is 9.59 Å². The molecule has 0 saturated carbocycles. The normalized spacial score (nSPS) is 41.7. The molecule has 0 aromatic carbocycles. The fourth-order valence-corrected chi connectivity index (χ4v) is 7.66. The third-order valence-electron chi connectivity index (χ3n) is 10.5. The number of likely N-dealkylation sites (N-methyl/N-ethyl adjacent to an activating group) is 1. The zero-order valence-electron chi connectivity index (χ0n) is 33.3. The number of allylic oxidation sites excluding steroid dienone is 2. The highest BCUT2D eigenvalue weighted by Crippen LogP contribution is 2.37. The average molecular weight is 772 g/mol. The van der Waals surface area contributed by atoms with E-state index < -0.39 is 110 Å². The highest BCUT2D eigenvalue weighted by atomic mass is 16.7. The van der Waals surface area contributed by atoms with Gasteiger partial charge in [0.2, 0.25) is 0 Å². The fraction of sp³-hybridized carbons (Fsp3) is 0.821. The van der Waals surface area contributed by atoms with Gasteiger partial charge in [0.1, 0.15) is 36.3 Å². The van der Waals surface area contributed by atoms with Gasteiger partial charge in [-0.1, -0.05) is 38.2 Å². The van der Waals surface area contributed by atoms with Crippen LogP contribution in [0.4, 0.5) is 0 Å². The van der Waals surface area contributed by atoms with E-state index in [1.54, 1.807) is 64.9 Å². The number of methoxy groups -OCH3 is 1. The van der Waals surface area contributed by atoms with Gasteiger partial charge in [0.05, 0.1) is 43.0 Å². The molecule has 0 aliphatic carbocycles. The van der Waals surface area contributed by atoms with Crippen LogP contribution >= 0.6 is 0 Å². The lowest BCUT2D eigenvalue weighted by Crippen LogP contribution is -2.66. The highest BCUT2D eigenvalue weighted by Gasteiger charge is 2.52. The summed E-state index contributed by atoms with van der Waals surface area (Å²) in [5.74, 6) is -2.11. The molecule has 0 amide bonds. The zero-order valence-corrected chi connectivity index (χ0v) is 33.3. The van der Waals surface area contributed by atoms with Gasteiger partial charge in [-0.2, -0.15) is 0 Å². The van der Waals surface area contributed by atoms with E-state index >= 15 is 0 Å². The third kappa shape index (κ3) is 12.6. The van der Waals surface area contributed by atoms with E-state index in [4.69, 9.17) is 33.2 Å². The van der Waals surface area contributed by atoms with E-state index in [1.807, 2.05) is 19.9 Å². The van der Waals surface area contributed by atoms with Crippen LogP contribution in [0.2, 0.25) is 0 Å². The van der Waals surface area contributed by atoms with Crippen LogP contribution in [0.3, 0.4) is 0 Å². The second-order valence-corrected chi connectivity index (χ2v) is 15.5. The summed E-state index contributed by atoms with van der Waals surface area (Å²) in [6.45, 7) is 10.4. The second-order valence-electron chi connectivity index (χ2n) is 15.5. The number of carbonyl (C=O) groups excluding carboxylic acids is 3. The van der Waals surface area contributed by atoms with Crippen LogP contribution in [0, 0.1) is 11.8 Å². The number of carbonyl (C=O) groups is 3. The Labute approximate surface area is 319 Å². The molecule has 15 heteroatoms. The van der Waals surface area contributed by atoms with Crippen LogP contribution in [0.15, 0.2) is 24.3 Å². The van der Waals surface area contributed by atoms with Gasteiger partial charge >= 0.3 is 11.9 Å². The van der Waals surface area contributed by atoms with Gasteiger partial charge in [-0.05, 0) is 66.5 Å². The van der Waals surface area contributed by atoms with Crippen LogP contribution in [0.1, 0.15) is 86.5 Å². The summed E-state index contributed by atoms with van der Waals surface area (Å²) < 4.78 is 42.2. The van der Waals surface area contributed by atoms with Gasteiger partial charge in [0.25, 0.3) is 0 Å². The summed E-state index contributed by atoms with van der Waals surface area (Å²) in [5.41, 5.74) is -1.47. The minimum absolute atomic E-state index is 0.0274. The molecule has 16 atom stereocenters. The van der Waals surface area contributed by atoms with Crippen molar-refractivity contribution in [1.29, 1.82) is 0 Å². The number of aliphatic hydroxyl groups excluding tert-OH is 3. The monoisotopic (exact) mass is 771 g/mol. The maximum absolute atomic E-state index is 12.9. The van der Waals surface area contributed by atoms with Crippen molar-refractivity contribution in [2.75, 3.05) is 21.2 Å². The first-order chi connectivity index (χ1) is 25.4. The number of nitrogens with zero attached hydrogens (tertiary/aromatic N) is 1. The Morgan fingerprint density at radius 2 is 1.74 bits per heavy atom. The molecule has 15 nitrogen and oxygen atoms in total. The molecule has 0 aromatic heterocycles. The quantitative estimate of drug-likeness (QED) is 0.176. The predicted molar refractivity (Wildman–Crippen MR) is 196 cm³/mol. The SMILES string of the molecule is CCCC(=O)O[C@H]1[C@H](C)O[C@@H](O[C@H]2[C@H](N(C)C)[C@@H](O)[C@H](OC3[C@@H](CC=O)C[C@@H](C)[C@@H](O)C=CC=CC[C@@H](C)OC(=O)C[C@@H](O)[C@@H]3OC)O[C@@H]2C)C[C@@]1(C)O. The number of aliphatic hydroxyl groups is 4. The predicted octanol–water partition coefficient (Wildman–Crippen LogP) is 2.20. The Kier molecular flexibility index (Phi) is 18.2. The molecule has 3 aliphatic rings. The van der Waals surface area contributed by atoms with Crippen LogP contribution in [0.5, 0.6) is 0 Å². The van der Waals surface area contributed by atoms with Crippen LogP contribution < -0.4 is 0 Å². The number of esters is 2. The maximum atomic E-state index is 12.9. The Bertz CT molecular complexity index is 1240. The van der Waals surface area contributed by atoms with Crippen molar-refractivity contribution in [2.45, 2.75) is 172 Å². The molecule has 0 bridgehead atoms. The smallest absolute Gasteiger partial charge is 0.308 e. The second kappa shape index (κ2) is 21.3. The summed E-state index contributed by atoms with van der Waals surface area (Å²) in [4.78, 5) is 39.0. The lowest BCUT2D eigenvalue weighted by Gasteiger charge is -2.50. The first-order valence-electron chi connectivity index (χ1n) is 19.2. The number of hydrogen-bond donors (Lipinski definition) is 4. The number of hydrogen-bond acceptors (Lipinski definition) is 15. The zero-order chi connectivity index (χ0) is 40.3. The Morgan fingerprint density at radius 3 is 2.35 bits per heavy atom. The van der Waals surface area contributed by atoms with E-state index in [0.717, 1.165) is 6.29 Å². The molecular weight excluding hydrogens is 706 g/mol. The number of cyclic esters (lactones) is 1. The minimum Gasteiger partial charge on any atom is -0.462 e. The van der Waals surface area contributed by atoms with E-state index in [0.29, 0.717) is 12.8 Å². The Hall–Kier alpha value is -2.31. The molecule has 54 heavy (non-hydrogen) atoms. The summed E-state index contributed by atoms with van der Waals surface area (Å²) in [6, 6.07) is -0.750. The summed E-state index contributed by atoms with van der Waals surface area (Å²) in [6.07, 6.45) is -3.26. The molecule has 1 unspecified atom stereocenters. The molecule has 3 heterocycles. The topological polar surface area (TPSA) is 200 Å². The third-order valence-corrected chi connectivity index (χ3v) is 10.5. The molecule has 0 radical (unpaired) electrons. The van der Waals surface area contributed by atoms with Crippen molar-refractivity contribution in [2.24, 2.45) is 11.8 Å². The van der Waals surface area contributed by atoms with Gasteiger partial charge in [0.15, 0.2) is 18.7 Å². The van der Waals surface area contributed by atoms with Crippen molar-refractivity contribution in [3.05, 3.63) is 24.3 Å². The first-order valence-corrected chi connectivity index (χ1v) is 19.2. The Balaban J connectivity index is 1.91. The summed E-state index contributed by atoms with van der Waals surface area (Å²) >= 11 is 0. The molecule has 2 fully saturated rings. The van der Waals surface area contributed by atoms with Crippen molar-refractivity contribution in [3.63, 3.8) is 0 Å². The molecule has 310 valence electrons. The van der Waals surface area contributed by atoms with E-state index in [2.05, 4.69) is 0 Å². The molecule has 3 aliphatic heterocycles. The van der Waals surface area contributed by atoms with Gasteiger partial charge in [-0.25, -0.2) is 0 Å². The highest BCUT2D eigenvalue weighted by molar-refractivity contribution is 5.70. The van der Waals surface area contributed by atoms with Crippen LogP contribution in [-0.2, 0) is 47.5 Å². The van der Waals surface area contributed by atoms with Crippen molar-refractivity contribution >= 4 is 18.2 Å². The molecule has 4 N–H and O–H groups in total. The van der Waals surface area contributed by atoms with Crippen molar-refractivity contribution in [3.8, 4) is 0 Å². The number of rotatable bonds is 11. The van der Waals surface area contributed by atoms with E-state index in [-0.39, 0.29) is 31.6 Å². The standard InChI is InChI=1S/C39H65NO14/c1-10-14-29(44)52-37-25(5)50-31(21-39(37,6)47)53-34-24(4)51-38(33(46)32(34)40(7)8)54-35-26(17-18-41)19-22(2)27(42)16-13-11-12-15-23(3)49-30(45)20-28(43)36(35)48-9/h11-13,16,18,22-28,31-38,42-43,46-47H,10,14-15,17,19-21H2,1-9H3/t22-,23-,24-,25+,26+,27+,28-,31+,32-,33-,34-,35?,36+,37+,38+,39-/m1/s1. The lowest BCUT2D eigenvalue weighted by atomic mass is 9.82. The summed E-state index contributed by atoms with van der Waals surface area (Å²) in [7, 11) is 4.86. The van der Waals surface area contributed by atoms with Gasteiger partial charge in [0, 0.05) is 32.8 Å². The van der Waals surface area contributed by atoms with E-state index in [1.165, 1.54) is 7.11 Å². The molecular formula is C39H65NO14. The number of aldehydes is 1. The van der Waals surface area contributed by atoms with Crippen LogP contribution in [0.25, 0.3) is 0 Å². The minimum atomic E-state index is -1.47. The molecule has 0 spiro atoms. The Morgan fingerprint density at radius 1 is 1.04 bits per heavy atom. The van der Waals surface area contributed by atoms with Gasteiger partial charge < -0.3 is 63.3 Å². The first kappa shape index (κ1) is 46.1. The van der Waals surface area contributed by atoms with Crippen LogP contribution in [-0.4, -0.2) is 150 Å². The largest absolute Gasteiger partial charge is 0.462 e. The molecule has 2 saturated heterocycles. The van der Waals surface area contributed by atoms with Gasteiger partial charge in [-0.15, -0.1) is 0 Å². The van der Waals surface area contributed by atoms with E-state index in [9.17, 15) is 34.8 Å². The average Bonchev–Trinajstić information content (AvgIpc) is 3.07. The molecule has 0 aromatic rings. The summed E-state index contributed by atoms with van der Waals surface area (Å²) in [5, 5.41) is 45.7. The molecule has 3 rings (SSSR count). The maximum Gasteiger partial charge on any atom is 0.308 e. The number of ether oxygens (including phenoxy) is 7. The lowest BCUT2D eigenvalue weighted by molar-refractivity contribution is -0.344. The van der Waals surface area contributed by atoms with Crippen molar-refractivity contribution in [1.82, 2.24) is 4.90 Å².